The fourth-order valence-electron chi connectivity index (χ4n) is 1.71. The molecule has 2 atom stereocenters. The first-order valence-electron chi connectivity index (χ1n) is 7.01. The van der Waals surface area contributed by atoms with Gasteiger partial charge in [-0.1, -0.05) is 6.07 Å². The van der Waals surface area contributed by atoms with E-state index < -0.39 is 30.7 Å². The number of nitrogens with zero attached hydrogens (tertiary/aromatic N) is 1. The largest absolute Gasteiger partial charge is 0.497 e. The molecule has 0 saturated carbocycles. The molecule has 98 valence electrons. The molecule has 1 aromatic carbocycles. The van der Waals surface area contributed by atoms with E-state index in [4.69, 9.17) is 10.2 Å². The minimum absolute atomic E-state index is 0.135. The van der Waals surface area contributed by atoms with E-state index in [0.29, 0.717) is 0 Å². The van der Waals surface area contributed by atoms with Gasteiger partial charge in [0.25, 0.3) is 0 Å². The Bertz CT molecular complexity index is 611. The van der Waals surface area contributed by atoms with Crippen LogP contribution in [0.25, 0.3) is 0 Å². The molecule has 2 rings (SSSR count). The molecule has 0 saturated heterocycles. The van der Waals surface area contributed by atoms with Gasteiger partial charge in [-0.15, -0.1) is 0 Å². The number of carbonyl (C=O) groups is 1. The SMILES string of the molecule is [2H]C1c2cc(OC)ccc2C([2H])(C(F)(F)F)N(C=O)C1([2H])[2H]. The zero-order valence-electron chi connectivity index (χ0n) is 13.3. The van der Waals surface area contributed by atoms with Crippen LogP contribution in [0.1, 0.15) is 22.6 Å². The van der Waals surface area contributed by atoms with E-state index in [9.17, 15) is 18.0 Å². The lowest BCUT2D eigenvalue weighted by atomic mass is 9.92. The van der Waals surface area contributed by atoms with Crippen molar-refractivity contribution in [3.8, 4) is 5.75 Å². The predicted molar refractivity (Wildman–Crippen MR) is 58.3 cm³/mol. The summed E-state index contributed by atoms with van der Waals surface area (Å²) in [4.78, 5) is 10.8. The molecule has 3 nitrogen and oxygen atoms in total. The van der Waals surface area contributed by atoms with Gasteiger partial charge in [-0.05, 0) is 29.7 Å². The first-order valence-corrected chi connectivity index (χ1v) is 4.94. The van der Waals surface area contributed by atoms with E-state index in [0.717, 1.165) is 12.1 Å². The van der Waals surface area contributed by atoms with Gasteiger partial charge in [-0.3, -0.25) is 4.79 Å². The van der Waals surface area contributed by atoms with E-state index in [1.807, 2.05) is 0 Å². The van der Waals surface area contributed by atoms with Gasteiger partial charge >= 0.3 is 6.18 Å². The van der Waals surface area contributed by atoms with Gasteiger partial charge in [0.05, 0.1) is 8.48 Å². The Morgan fingerprint density at radius 1 is 1.61 bits per heavy atom. The molecule has 0 aliphatic carbocycles. The molecule has 0 fully saturated rings. The van der Waals surface area contributed by atoms with Gasteiger partial charge < -0.3 is 9.64 Å². The summed E-state index contributed by atoms with van der Waals surface area (Å²) >= 11 is 0. The standard InChI is InChI=1S/C12H12F3NO2/c1-18-9-2-3-10-8(6-9)4-5-16(7-17)11(10)12(13,14)15/h2-3,6-7,11H,4-5H2,1H3/i4D,5D2,11D. The number of ether oxygens (including phenoxy) is 1. The summed E-state index contributed by atoms with van der Waals surface area (Å²) in [6.45, 7) is -3.00. The number of hydrogen-bond donors (Lipinski definition) is 0. The normalized spacial score (nSPS) is 33.6. The second-order valence-electron chi connectivity index (χ2n) is 3.55. The molecular formula is C12H12F3NO2. The molecule has 18 heavy (non-hydrogen) atoms. The molecule has 0 bridgehead atoms. The minimum Gasteiger partial charge on any atom is -0.497 e. The monoisotopic (exact) mass is 263 g/mol. The second-order valence-corrected chi connectivity index (χ2v) is 3.55. The average Bonchev–Trinajstić information content (AvgIpc) is 2.43. The van der Waals surface area contributed by atoms with Crippen molar-refractivity contribution in [2.75, 3.05) is 13.6 Å². The molecular weight excluding hydrogens is 247 g/mol. The Balaban J connectivity index is 2.84. The number of amides is 1. The Hall–Kier alpha value is -1.72. The summed E-state index contributed by atoms with van der Waals surface area (Å²) in [7, 11) is 1.27. The van der Waals surface area contributed by atoms with Crippen molar-refractivity contribution in [3.05, 3.63) is 29.3 Å². The van der Waals surface area contributed by atoms with Crippen LogP contribution in [-0.2, 0) is 11.2 Å². The van der Waals surface area contributed by atoms with Gasteiger partial charge in [0, 0.05) is 10.6 Å². The van der Waals surface area contributed by atoms with Crippen molar-refractivity contribution in [2.24, 2.45) is 0 Å². The van der Waals surface area contributed by atoms with Crippen molar-refractivity contribution in [1.82, 2.24) is 4.90 Å². The zero-order chi connectivity index (χ0) is 16.9. The highest BCUT2D eigenvalue weighted by Gasteiger charge is 2.47. The molecule has 0 N–H and O–H groups in total. The quantitative estimate of drug-likeness (QED) is 0.766. The van der Waals surface area contributed by atoms with E-state index in [-0.39, 0.29) is 22.6 Å². The number of alkyl halides is 3. The molecule has 1 aromatic rings. The van der Waals surface area contributed by atoms with Crippen molar-refractivity contribution in [3.63, 3.8) is 0 Å². The lowest BCUT2D eigenvalue weighted by molar-refractivity contribution is -0.189. The van der Waals surface area contributed by atoms with Crippen LogP contribution in [0.4, 0.5) is 13.2 Å². The van der Waals surface area contributed by atoms with Crippen molar-refractivity contribution < 1.29 is 28.2 Å². The summed E-state index contributed by atoms with van der Waals surface area (Å²) in [5.41, 5.74) is -1.00. The summed E-state index contributed by atoms with van der Waals surface area (Å²) in [5.74, 6) is 0.135. The highest BCUT2D eigenvalue weighted by molar-refractivity contribution is 5.52. The van der Waals surface area contributed by atoms with Crippen LogP contribution in [0.5, 0.6) is 5.75 Å². The number of aryl methyl sites for hydroxylation is 1. The van der Waals surface area contributed by atoms with Gasteiger partial charge in [0.2, 0.25) is 6.41 Å². The number of methoxy groups -OCH3 is 1. The smallest absolute Gasteiger partial charge is 0.413 e. The number of rotatable bonds is 2. The molecule has 0 aromatic heterocycles. The third-order valence-corrected chi connectivity index (χ3v) is 2.49. The Labute approximate surface area is 108 Å². The number of carbonyl (C=O) groups excluding carboxylic acids is 1. The van der Waals surface area contributed by atoms with Crippen molar-refractivity contribution in [2.45, 2.75) is 18.6 Å². The van der Waals surface area contributed by atoms with E-state index in [1.165, 1.54) is 13.2 Å². The van der Waals surface area contributed by atoms with E-state index in [2.05, 4.69) is 0 Å². The number of benzene rings is 1. The van der Waals surface area contributed by atoms with E-state index >= 15 is 0 Å². The Kier molecular flexibility index (Phi) is 2.10. The highest BCUT2D eigenvalue weighted by atomic mass is 19.4. The summed E-state index contributed by atoms with van der Waals surface area (Å²) in [6.07, 6.45) is -7.43. The zero-order valence-corrected chi connectivity index (χ0v) is 9.28. The molecule has 1 heterocycles. The molecule has 0 radical (unpaired) electrons. The van der Waals surface area contributed by atoms with Gasteiger partial charge in [-0.2, -0.15) is 13.2 Å². The number of halogens is 3. The molecule has 1 aliphatic heterocycles. The third-order valence-electron chi connectivity index (χ3n) is 2.49. The lowest BCUT2D eigenvalue weighted by Crippen LogP contribution is -2.42. The van der Waals surface area contributed by atoms with Gasteiger partial charge in [0.15, 0.2) is 6.02 Å². The van der Waals surface area contributed by atoms with Crippen LogP contribution < -0.4 is 4.74 Å². The summed E-state index contributed by atoms with van der Waals surface area (Å²) in [6, 6.07) is -0.425. The Morgan fingerprint density at radius 3 is 2.89 bits per heavy atom. The van der Waals surface area contributed by atoms with Gasteiger partial charge in [0.1, 0.15) is 5.75 Å². The fraction of sp³-hybridized carbons (Fsp3) is 0.417. The van der Waals surface area contributed by atoms with Crippen LogP contribution >= 0.6 is 0 Å². The topological polar surface area (TPSA) is 29.5 Å². The average molecular weight is 263 g/mol. The molecule has 2 unspecified atom stereocenters. The first kappa shape index (κ1) is 8.39. The number of fused-ring (bicyclic) bond motifs is 1. The highest BCUT2D eigenvalue weighted by Crippen LogP contribution is 2.41. The van der Waals surface area contributed by atoms with Crippen LogP contribution in [0.2, 0.25) is 0 Å². The maximum atomic E-state index is 13.4. The summed E-state index contributed by atoms with van der Waals surface area (Å²) < 4.78 is 76.3. The maximum Gasteiger partial charge on any atom is 0.413 e. The lowest BCUT2D eigenvalue weighted by Gasteiger charge is -2.35. The fourth-order valence-corrected chi connectivity index (χ4v) is 1.71. The minimum atomic E-state index is -5.25. The first-order chi connectivity index (χ1) is 10.0. The molecule has 6 heteroatoms. The molecule has 1 aliphatic rings. The van der Waals surface area contributed by atoms with Crippen LogP contribution in [-0.4, -0.2) is 31.1 Å². The van der Waals surface area contributed by atoms with Crippen LogP contribution in [0, 0.1) is 0 Å². The van der Waals surface area contributed by atoms with Crippen LogP contribution in [0.15, 0.2) is 18.2 Å². The third kappa shape index (κ3) is 2.14. The number of hydrogen-bond acceptors (Lipinski definition) is 2. The van der Waals surface area contributed by atoms with Crippen molar-refractivity contribution >= 4 is 6.41 Å². The predicted octanol–water partition coefficient (Wildman–Crippen LogP) is 2.31. The van der Waals surface area contributed by atoms with Gasteiger partial charge in [-0.25, -0.2) is 0 Å². The molecule has 0 spiro atoms. The maximum absolute atomic E-state index is 13.4. The van der Waals surface area contributed by atoms with Crippen LogP contribution in [0.3, 0.4) is 0 Å². The second kappa shape index (κ2) is 4.51. The Morgan fingerprint density at radius 2 is 2.33 bits per heavy atom. The summed E-state index contributed by atoms with van der Waals surface area (Å²) in [5, 5.41) is 0. The molecule has 1 amide bonds. The van der Waals surface area contributed by atoms with E-state index in [1.54, 1.807) is 0 Å². The van der Waals surface area contributed by atoms with Crippen molar-refractivity contribution in [1.29, 1.82) is 0 Å².